The lowest BCUT2D eigenvalue weighted by atomic mass is 10.1. The van der Waals surface area contributed by atoms with Crippen molar-refractivity contribution in [3.63, 3.8) is 0 Å². The topological polar surface area (TPSA) is 52.0 Å². The highest BCUT2D eigenvalue weighted by Crippen LogP contribution is 2.29. The van der Waals surface area contributed by atoms with Crippen LogP contribution in [-0.4, -0.2) is 5.16 Å². The number of aryl methyl sites for hydroxylation is 1. The molecule has 1 aromatic carbocycles. The van der Waals surface area contributed by atoms with E-state index < -0.39 is 0 Å². The molecule has 0 fully saturated rings. The molecular weight excluding hydrogens is 256 g/mol. The highest BCUT2D eigenvalue weighted by molar-refractivity contribution is 9.10. The van der Waals surface area contributed by atoms with Gasteiger partial charge in [0.15, 0.2) is 0 Å². The quantitative estimate of drug-likeness (QED) is 0.862. The summed E-state index contributed by atoms with van der Waals surface area (Å²) in [6, 6.07) is 6.05. The van der Waals surface area contributed by atoms with Crippen molar-refractivity contribution in [3.8, 4) is 11.3 Å². The molecule has 0 saturated heterocycles. The van der Waals surface area contributed by atoms with Crippen molar-refractivity contribution in [2.24, 2.45) is 0 Å². The summed E-state index contributed by atoms with van der Waals surface area (Å²) in [5.41, 5.74) is 9.48. The van der Waals surface area contributed by atoms with E-state index >= 15 is 0 Å². The maximum atomic E-state index is 5.61. The second-order valence-corrected chi connectivity index (χ2v) is 4.34. The summed E-state index contributed by atoms with van der Waals surface area (Å²) in [5, 5.41) is 3.94. The fraction of sp³-hybridized carbons (Fsp3) is 0.182. The number of nitrogens with zero attached hydrogens (tertiary/aromatic N) is 1. The Hall–Kier alpha value is -1.29. The summed E-state index contributed by atoms with van der Waals surface area (Å²) in [4.78, 5) is 0. The van der Waals surface area contributed by atoms with Gasteiger partial charge in [0, 0.05) is 15.6 Å². The van der Waals surface area contributed by atoms with Crippen LogP contribution < -0.4 is 5.73 Å². The fourth-order valence-corrected chi connectivity index (χ4v) is 1.74. The molecule has 0 spiro atoms. The number of rotatable bonds is 1. The van der Waals surface area contributed by atoms with Crippen LogP contribution in [-0.2, 0) is 0 Å². The number of hydrogen-bond donors (Lipinski definition) is 1. The summed E-state index contributed by atoms with van der Waals surface area (Å²) in [6.07, 6.45) is 0. The molecule has 2 aromatic rings. The third-order valence-corrected chi connectivity index (χ3v) is 3.26. The van der Waals surface area contributed by atoms with E-state index in [0.717, 1.165) is 21.3 Å². The van der Waals surface area contributed by atoms with Gasteiger partial charge in [-0.2, -0.15) is 0 Å². The van der Waals surface area contributed by atoms with Crippen LogP contribution in [0.2, 0.25) is 0 Å². The number of nitrogens with two attached hydrogens (primary N) is 1. The van der Waals surface area contributed by atoms with Crippen molar-refractivity contribution < 1.29 is 4.52 Å². The minimum absolute atomic E-state index is 0.377. The molecule has 0 radical (unpaired) electrons. The van der Waals surface area contributed by atoms with Crippen LogP contribution in [0, 0.1) is 13.8 Å². The molecule has 0 aliphatic heterocycles. The van der Waals surface area contributed by atoms with Gasteiger partial charge in [-0.3, -0.25) is 0 Å². The zero-order valence-electron chi connectivity index (χ0n) is 8.54. The van der Waals surface area contributed by atoms with Crippen molar-refractivity contribution in [3.05, 3.63) is 33.8 Å². The summed E-state index contributed by atoms with van der Waals surface area (Å²) >= 11 is 3.49. The SMILES string of the molecule is Cc1ccc(-c2noc(N)c2C)cc1Br. The van der Waals surface area contributed by atoms with Crippen molar-refractivity contribution in [2.75, 3.05) is 5.73 Å². The van der Waals surface area contributed by atoms with Crippen LogP contribution in [0.25, 0.3) is 11.3 Å². The van der Waals surface area contributed by atoms with Crippen molar-refractivity contribution in [1.82, 2.24) is 5.16 Å². The molecule has 1 aromatic heterocycles. The first-order chi connectivity index (χ1) is 7.09. The minimum atomic E-state index is 0.377. The van der Waals surface area contributed by atoms with Crippen LogP contribution in [0.3, 0.4) is 0 Å². The third kappa shape index (κ3) is 1.77. The van der Waals surface area contributed by atoms with Gasteiger partial charge in [0.2, 0.25) is 5.88 Å². The first-order valence-corrected chi connectivity index (χ1v) is 5.37. The standard InChI is InChI=1S/C11H11BrN2O/c1-6-3-4-8(5-9(6)12)10-7(2)11(13)15-14-10/h3-5H,13H2,1-2H3. The largest absolute Gasteiger partial charge is 0.367 e. The first kappa shape index (κ1) is 10.2. The molecule has 78 valence electrons. The Morgan fingerprint density at radius 2 is 2.07 bits per heavy atom. The average Bonchev–Trinajstić information content (AvgIpc) is 2.53. The number of aromatic nitrogens is 1. The van der Waals surface area contributed by atoms with E-state index in [1.807, 2.05) is 32.0 Å². The zero-order valence-corrected chi connectivity index (χ0v) is 10.1. The van der Waals surface area contributed by atoms with Gasteiger partial charge in [0.05, 0.1) is 0 Å². The summed E-state index contributed by atoms with van der Waals surface area (Å²) in [6.45, 7) is 3.94. The summed E-state index contributed by atoms with van der Waals surface area (Å²) in [7, 11) is 0. The van der Waals surface area contributed by atoms with E-state index in [1.54, 1.807) is 0 Å². The molecular formula is C11H11BrN2O. The van der Waals surface area contributed by atoms with Crippen molar-refractivity contribution >= 4 is 21.8 Å². The van der Waals surface area contributed by atoms with E-state index in [1.165, 1.54) is 5.56 Å². The van der Waals surface area contributed by atoms with Gasteiger partial charge in [-0.15, -0.1) is 0 Å². The van der Waals surface area contributed by atoms with Gasteiger partial charge >= 0.3 is 0 Å². The van der Waals surface area contributed by atoms with E-state index in [9.17, 15) is 0 Å². The molecule has 2 N–H and O–H groups in total. The number of hydrogen-bond acceptors (Lipinski definition) is 3. The normalized spacial score (nSPS) is 10.6. The molecule has 4 heteroatoms. The number of halogens is 1. The Morgan fingerprint density at radius 3 is 2.60 bits per heavy atom. The lowest BCUT2D eigenvalue weighted by Crippen LogP contribution is -1.86. The van der Waals surface area contributed by atoms with Crippen LogP contribution in [0.4, 0.5) is 5.88 Å². The van der Waals surface area contributed by atoms with Gasteiger partial charge in [-0.1, -0.05) is 33.2 Å². The smallest absolute Gasteiger partial charge is 0.225 e. The van der Waals surface area contributed by atoms with Crippen molar-refractivity contribution in [2.45, 2.75) is 13.8 Å². The van der Waals surface area contributed by atoms with E-state index in [4.69, 9.17) is 10.3 Å². The predicted molar refractivity (Wildman–Crippen MR) is 63.5 cm³/mol. The number of benzene rings is 1. The second kappa shape index (κ2) is 3.70. The molecule has 1 heterocycles. The second-order valence-electron chi connectivity index (χ2n) is 3.48. The Bertz CT molecular complexity index is 505. The van der Waals surface area contributed by atoms with E-state index in [2.05, 4.69) is 21.1 Å². The maximum Gasteiger partial charge on any atom is 0.225 e. The van der Waals surface area contributed by atoms with E-state index in [-0.39, 0.29) is 0 Å². The molecule has 0 atom stereocenters. The van der Waals surface area contributed by atoms with Gasteiger partial charge in [0.1, 0.15) is 5.69 Å². The molecule has 0 saturated carbocycles. The van der Waals surface area contributed by atoms with Crippen LogP contribution in [0.1, 0.15) is 11.1 Å². The first-order valence-electron chi connectivity index (χ1n) is 4.58. The van der Waals surface area contributed by atoms with Crippen molar-refractivity contribution in [1.29, 1.82) is 0 Å². The lowest BCUT2D eigenvalue weighted by molar-refractivity contribution is 0.439. The Morgan fingerprint density at radius 1 is 1.33 bits per heavy atom. The summed E-state index contributed by atoms with van der Waals surface area (Å²) in [5.74, 6) is 0.377. The lowest BCUT2D eigenvalue weighted by Gasteiger charge is -2.01. The van der Waals surface area contributed by atoms with Gasteiger partial charge in [0.25, 0.3) is 0 Å². The highest BCUT2D eigenvalue weighted by atomic mass is 79.9. The van der Waals surface area contributed by atoms with E-state index in [0.29, 0.717) is 5.88 Å². The number of anilines is 1. The molecule has 0 bridgehead atoms. The van der Waals surface area contributed by atoms with Crippen LogP contribution >= 0.6 is 15.9 Å². The molecule has 2 rings (SSSR count). The number of nitrogen functional groups attached to an aromatic ring is 1. The molecule has 0 amide bonds. The third-order valence-electron chi connectivity index (χ3n) is 2.41. The van der Waals surface area contributed by atoms with Crippen LogP contribution in [0.5, 0.6) is 0 Å². The Kier molecular flexibility index (Phi) is 2.52. The average molecular weight is 267 g/mol. The predicted octanol–water partition coefficient (Wildman–Crippen LogP) is 3.30. The van der Waals surface area contributed by atoms with Gasteiger partial charge < -0.3 is 10.3 Å². The molecule has 0 unspecified atom stereocenters. The van der Waals surface area contributed by atoms with Crippen LogP contribution in [0.15, 0.2) is 27.2 Å². The monoisotopic (exact) mass is 266 g/mol. The highest BCUT2D eigenvalue weighted by Gasteiger charge is 2.11. The molecule has 0 aliphatic carbocycles. The van der Waals surface area contributed by atoms with Gasteiger partial charge in [-0.05, 0) is 25.5 Å². The molecule has 0 aliphatic rings. The van der Waals surface area contributed by atoms with Gasteiger partial charge in [-0.25, -0.2) is 0 Å². The Balaban J connectivity index is 2.55. The maximum absolute atomic E-state index is 5.61. The molecule has 3 nitrogen and oxygen atoms in total. The Labute approximate surface area is 96.4 Å². The fourth-order valence-electron chi connectivity index (χ4n) is 1.36. The zero-order chi connectivity index (χ0) is 11.0. The summed E-state index contributed by atoms with van der Waals surface area (Å²) < 4.78 is 5.99. The minimum Gasteiger partial charge on any atom is -0.367 e. The molecule has 15 heavy (non-hydrogen) atoms.